The Morgan fingerprint density at radius 3 is 2.60 bits per heavy atom. The van der Waals surface area contributed by atoms with E-state index in [-0.39, 0.29) is 58.7 Å². The molecule has 206 valence electrons. The summed E-state index contributed by atoms with van der Waals surface area (Å²) < 4.78 is 48.2. The highest BCUT2D eigenvalue weighted by Gasteiger charge is 2.33. The number of aryl methyl sites for hydroxylation is 3. The molecule has 5 aromatic heterocycles. The first kappa shape index (κ1) is 26.5. The molecular formula is C24H20F3N9O4. The number of halogens is 3. The molecule has 0 aromatic carbocycles. The molecule has 0 aliphatic heterocycles. The second-order valence-electron chi connectivity index (χ2n) is 8.82. The van der Waals surface area contributed by atoms with E-state index in [9.17, 15) is 27.6 Å². The minimum atomic E-state index is -4.58. The van der Waals surface area contributed by atoms with Crippen LogP contribution < -0.4 is 16.6 Å². The van der Waals surface area contributed by atoms with Gasteiger partial charge in [-0.3, -0.25) is 23.7 Å². The second-order valence-corrected chi connectivity index (χ2v) is 8.82. The molecule has 1 amide bonds. The normalized spacial score (nSPS) is 11.8. The van der Waals surface area contributed by atoms with Gasteiger partial charge in [0.2, 0.25) is 11.8 Å². The van der Waals surface area contributed by atoms with Crippen LogP contribution in [0, 0.1) is 13.8 Å². The van der Waals surface area contributed by atoms with Gasteiger partial charge in [0.1, 0.15) is 12.4 Å². The lowest BCUT2D eigenvalue weighted by Crippen LogP contribution is -2.40. The predicted molar refractivity (Wildman–Crippen MR) is 133 cm³/mol. The van der Waals surface area contributed by atoms with Crippen LogP contribution in [0.2, 0.25) is 0 Å². The van der Waals surface area contributed by atoms with E-state index >= 15 is 0 Å². The van der Waals surface area contributed by atoms with Crippen molar-refractivity contribution in [2.45, 2.75) is 33.1 Å². The van der Waals surface area contributed by atoms with Gasteiger partial charge in [0, 0.05) is 31.4 Å². The molecule has 0 fully saturated rings. The lowest BCUT2D eigenvalue weighted by atomic mass is 10.1. The topological polar surface area (TPSA) is 156 Å². The zero-order valence-corrected chi connectivity index (χ0v) is 21.2. The lowest BCUT2D eigenvalue weighted by Gasteiger charge is -2.12. The van der Waals surface area contributed by atoms with Crippen molar-refractivity contribution in [2.75, 3.05) is 5.32 Å². The maximum absolute atomic E-state index is 13.3. The number of aromatic nitrogens is 8. The number of anilines is 1. The fourth-order valence-electron chi connectivity index (χ4n) is 4.09. The van der Waals surface area contributed by atoms with Crippen molar-refractivity contribution in [2.24, 2.45) is 7.05 Å². The van der Waals surface area contributed by atoms with E-state index in [4.69, 9.17) is 4.52 Å². The first-order chi connectivity index (χ1) is 18.9. The monoisotopic (exact) mass is 555 g/mol. The number of imidazole rings is 1. The molecule has 1 N–H and O–H groups in total. The van der Waals surface area contributed by atoms with Crippen LogP contribution >= 0.6 is 0 Å². The molecule has 5 aromatic rings. The van der Waals surface area contributed by atoms with Crippen molar-refractivity contribution in [3.63, 3.8) is 0 Å². The summed E-state index contributed by atoms with van der Waals surface area (Å²) in [5, 5.41) is 6.27. The van der Waals surface area contributed by atoms with Crippen LogP contribution in [0.15, 0.2) is 50.9 Å². The van der Waals surface area contributed by atoms with Crippen LogP contribution in [-0.2, 0) is 31.1 Å². The Morgan fingerprint density at radius 1 is 1.12 bits per heavy atom. The molecule has 0 spiro atoms. The van der Waals surface area contributed by atoms with Gasteiger partial charge in [-0.15, -0.1) is 0 Å². The van der Waals surface area contributed by atoms with E-state index in [0.29, 0.717) is 0 Å². The van der Waals surface area contributed by atoms with Gasteiger partial charge in [0.05, 0.1) is 24.1 Å². The summed E-state index contributed by atoms with van der Waals surface area (Å²) in [5.74, 6) is -0.148. The Hall–Kier alpha value is -5.15. The Balaban J connectivity index is 1.41. The van der Waals surface area contributed by atoms with E-state index in [1.165, 1.54) is 49.3 Å². The quantitative estimate of drug-likeness (QED) is 0.331. The third-order valence-electron chi connectivity index (χ3n) is 5.99. The summed E-state index contributed by atoms with van der Waals surface area (Å²) in [6, 6.07) is 5.41. The molecule has 0 atom stereocenters. The maximum atomic E-state index is 13.3. The second kappa shape index (κ2) is 9.87. The number of hydrogen-bond donors (Lipinski definition) is 1. The van der Waals surface area contributed by atoms with Gasteiger partial charge in [0.25, 0.3) is 5.56 Å². The maximum Gasteiger partial charge on any atom is 0.418 e. The van der Waals surface area contributed by atoms with Gasteiger partial charge in [-0.2, -0.15) is 18.2 Å². The number of amides is 1. The predicted octanol–water partition coefficient (Wildman–Crippen LogP) is 2.06. The van der Waals surface area contributed by atoms with Crippen LogP contribution in [0.5, 0.6) is 0 Å². The number of nitrogens with zero attached hydrogens (tertiary/aromatic N) is 8. The molecule has 0 aliphatic carbocycles. The van der Waals surface area contributed by atoms with Crippen LogP contribution in [0.3, 0.4) is 0 Å². The van der Waals surface area contributed by atoms with Crippen molar-refractivity contribution in [3.8, 4) is 11.3 Å². The molecule has 40 heavy (non-hydrogen) atoms. The zero-order valence-electron chi connectivity index (χ0n) is 21.2. The molecule has 0 saturated heterocycles. The molecular weight excluding hydrogens is 535 g/mol. The Morgan fingerprint density at radius 2 is 1.90 bits per heavy atom. The highest BCUT2D eigenvalue weighted by atomic mass is 19.4. The molecule has 0 unspecified atom stereocenters. The third-order valence-corrected chi connectivity index (χ3v) is 5.99. The zero-order chi connectivity index (χ0) is 28.8. The number of alkyl halides is 3. The number of carbonyl (C=O) groups is 1. The molecule has 0 radical (unpaired) electrons. The summed E-state index contributed by atoms with van der Waals surface area (Å²) in [4.78, 5) is 55.1. The number of carbonyl (C=O) groups excluding carboxylic acids is 1. The van der Waals surface area contributed by atoms with E-state index in [1.54, 1.807) is 6.92 Å². The van der Waals surface area contributed by atoms with E-state index in [1.807, 2.05) is 0 Å². The van der Waals surface area contributed by atoms with Gasteiger partial charge in [0.15, 0.2) is 17.0 Å². The molecule has 13 nitrogen and oxygen atoms in total. The minimum absolute atomic E-state index is 0.00964. The van der Waals surface area contributed by atoms with Crippen molar-refractivity contribution in [1.29, 1.82) is 0 Å². The lowest BCUT2D eigenvalue weighted by molar-refractivity contribution is -0.138. The Labute approximate surface area is 221 Å². The van der Waals surface area contributed by atoms with Gasteiger partial charge >= 0.3 is 11.9 Å². The van der Waals surface area contributed by atoms with E-state index in [2.05, 4.69) is 30.4 Å². The Bertz CT molecular complexity index is 1890. The first-order valence-electron chi connectivity index (χ1n) is 11.7. The van der Waals surface area contributed by atoms with Gasteiger partial charge in [-0.05, 0) is 25.1 Å². The number of rotatable bonds is 6. The van der Waals surface area contributed by atoms with Crippen LogP contribution in [0.4, 0.5) is 19.0 Å². The van der Waals surface area contributed by atoms with Crippen LogP contribution in [-0.4, -0.2) is 44.7 Å². The summed E-state index contributed by atoms with van der Waals surface area (Å²) in [7, 11) is 1.43. The van der Waals surface area contributed by atoms with Crippen molar-refractivity contribution >= 4 is 22.9 Å². The molecule has 5 rings (SSSR count). The average molecular weight is 555 g/mol. The van der Waals surface area contributed by atoms with Gasteiger partial charge in [-0.1, -0.05) is 11.2 Å². The van der Waals surface area contributed by atoms with E-state index in [0.717, 1.165) is 15.2 Å². The summed E-state index contributed by atoms with van der Waals surface area (Å²) in [6.45, 7) is 2.20. The van der Waals surface area contributed by atoms with Crippen molar-refractivity contribution in [1.82, 2.24) is 38.8 Å². The smallest absolute Gasteiger partial charge is 0.340 e. The number of pyridine rings is 2. The standard InChI is InChI=1S/C24H20F3N9O4/c1-12-15(24(25,26)27)7-14(8-28-12)16-5-4-6-17(31-16)32-19(37)10-35-11-29-21-20(35)22(38)36(23(39)34(21)3)9-18-30-13(2)40-33-18/h4-8,11H,9-10H2,1-3H3,(H,31,32,37). The van der Waals surface area contributed by atoms with Crippen molar-refractivity contribution < 1.29 is 22.5 Å². The number of nitrogens with one attached hydrogen (secondary N) is 1. The van der Waals surface area contributed by atoms with Crippen molar-refractivity contribution in [3.05, 3.63) is 80.6 Å². The van der Waals surface area contributed by atoms with Gasteiger partial charge in [-0.25, -0.2) is 14.8 Å². The van der Waals surface area contributed by atoms with Crippen LogP contribution in [0.1, 0.15) is 23.0 Å². The highest BCUT2D eigenvalue weighted by molar-refractivity contribution is 5.90. The summed E-state index contributed by atoms with van der Waals surface area (Å²) in [6.07, 6.45) is -2.07. The highest BCUT2D eigenvalue weighted by Crippen LogP contribution is 2.33. The van der Waals surface area contributed by atoms with Crippen LogP contribution in [0.25, 0.3) is 22.4 Å². The molecule has 0 saturated carbocycles. The molecule has 5 heterocycles. The first-order valence-corrected chi connectivity index (χ1v) is 11.7. The van der Waals surface area contributed by atoms with Gasteiger partial charge < -0.3 is 14.4 Å². The molecule has 0 aliphatic rings. The molecule has 0 bridgehead atoms. The SMILES string of the molecule is Cc1nc(Cn2c(=O)c3c(ncn3CC(=O)Nc3cccc(-c4cnc(C)c(C(F)(F)F)c4)n3)n(C)c2=O)no1. The summed E-state index contributed by atoms with van der Waals surface area (Å²) >= 11 is 0. The Kier molecular flexibility index (Phi) is 6.53. The molecule has 16 heteroatoms. The largest absolute Gasteiger partial charge is 0.418 e. The fourth-order valence-corrected chi connectivity index (χ4v) is 4.09. The fraction of sp³-hybridized carbons (Fsp3) is 0.250. The summed E-state index contributed by atoms with van der Waals surface area (Å²) in [5.41, 5.74) is -2.08. The third kappa shape index (κ3) is 4.97. The van der Waals surface area contributed by atoms with E-state index < -0.39 is 28.9 Å². The average Bonchev–Trinajstić information content (AvgIpc) is 3.51. The minimum Gasteiger partial charge on any atom is -0.340 e. The number of hydrogen-bond acceptors (Lipinski definition) is 9. The number of fused-ring (bicyclic) bond motifs is 1.